The van der Waals surface area contributed by atoms with Crippen LogP contribution in [0.25, 0.3) is 5.78 Å². The largest absolute Gasteiger partial charge is 0.462 e. The summed E-state index contributed by atoms with van der Waals surface area (Å²) in [6.07, 6.45) is 1.52. The Hall–Kier alpha value is -3.01. The second-order valence-electron chi connectivity index (χ2n) is 5.52. The summed E-state index contributed by atoms with van der Waals surface area (Å²) in [7, 11) is -4.13. The summed E-state index contributed by atoms with van der Waals surface area (Å²) >= 11 is 0. The number of anilines is 1. The molecule has 0 radical (unpaired) electrons. The third-order valence-electron chi connectivity index (χ3n) is 3.66. The van der Waals surface area contributed by atoms with Crippen LogP contribution in [0.5, 0.6) is 0 Å². The van der Waals surface area contributed by atoms with Crippen LogP contribution in [-0.4, -0.2) is 40.6 Å². The average Bonchev–Trinajstić information content (AvgIpc) is 3.03. The van der Waals surface area contributed by atoms with Crippen LogP contribution < -0.4 is 4.72 Å². The number of hydrogen-bond donors (Lipinski definition) is 1. The summed E-state index contributed by atoms with van der Waals surface area (Å²) in [4.78, 5) is 20.1. The van der Waals surface area contributed by atoms with Crippen LogP contribution >= 0.6 is 0 Å². The number of carbonyl (C=O) groups excluding carboxylic acids is 1. The molecule has 0 fully saturated rings. The highest BCUT2D eigenvalue weighted by molar-refractivity contribution is 7.92. The van der Waals surface area contributed by atoms with Crippen molar-refractivity contribution in [1.82, 2.24) is 19.6 Å². The molecule has 0 saturated carbocycles. The number of esters is 1. The molecule has 2 aromatic heterocycles. The Balaban J connectivity index is 2.04. The number of fused-ring (bicyclic) bond motifs is 1. The molecule has 0 spiro atoms. The lowest BCUT2D eigenvalue weighted by molar-refractivity contribution is 0.0527. The number of benzene rings is 1. The van der Waals surface area contributed by atoms with Crippen molar-refractivity contribution >= 4 is 27.5 Å². The number of nitrogens with one attached hydrogen (secondary N) is 1. The van der Waals surface area contributed by atoms with Crippen molar-refractivity contribution in [2.75, 3.05) is 11.3 Å². The van der Waals surface area contributed by atoms with Gasteiger partial charge in [0, 0.05) is 11.9 Å². The van der Waals surface area contributed by atoms with Gasteiger partial charge in [0.25, 0.3) is 21.0 Å². The van der Waals surface area contributed by atoms with E-state index in [0.717, 1.165) is 0 Å². The van der Waals surface area contributed by atoms with Crippen LogP contribution in [0.1, 0.15) is 28.5 Å². The Bertz CT molecular complexity index is 1090. The number of rotatable bonds is 5. The van der Waals surface area contributed by atoms with Gasteiger partial charge in [-0.2, -0.15) is 13.4 Å². The number of para-hydroxylation sites is 1. The third kappa shape index (κ3) is 3.23. The molecule has 26 heavy (non-hydrogen) atoms. The quantitative estimate of drug-likeness (QED) is 0.675. The van der Waals surface area contributed by atoms with E-state index in [1.807, 2.05) is 0 Å². The first kappa shape index (κ1) is 17.8. The van der Waals surface area contributed by atoms with Crippen molar-refractivity contribution in [3.8, 4) is 0 Å². The Morgan fingerprint density at radius 1 is 1.27 bits per heavy atom. The fourth-order valence-electron chi connectivity index (χ4n) is 2.36. The van der Waals surface area contributed by atoms with E-state index in [4.69, 9.17) is 4.74 Å². The fourth-order valence-corrected chi connectivity index (χ4v) is 3.39. The van der Waals surface area contributed by atoms with Gasteiger partial charge in [0.05, 0.1) is 17.9 Å². The molecule has 2 heterocycles. The lowest BCUT2D eigenvalue weighted by Gasteiger charge is -2.13. The molecular weight excluding hydrogens is 358 g/mol. The van der Waals surface area contributed by atoms with Crippen molar-refractivity contribution in [3.63, 3.8) is 0 Å². The number of nitrogens with zero attached hydrogens (tertiary/aromatic N) is 4. The van der Waals surface area contributed by atoms with Gasteiger partial charge in [-0.1, -0.05) is 12.1 Å². The van der Waals surface area contributed by atoms with E-state index in [0.29, 0.717) is 11.3 Å². The second-order valence-corrected chi connectivity index (χ2v) is 7.09. The third-order valence-corrected chi connectivity index (χ3v) is 4.78. The molecule has 0 aliphatic heterocycles. The molecule has 1 N–H and O–H groups in total. The summed E-state index contributed by atoms with van der Waals surface area (Å²) in [5.41, 5.74) is 1.51. The summed E-state index contributed by atoms with van der Waals surface area (Å²) in [5, 5.41) is 3.56. The first-order chi connectivity index (χ1) is 12.3. The fraction of sp³-hybridized carbons (Fsp3) is 0.250. The molecule has 0 saturated heterocycles. The molecule has 136 valence electrons. The van der Waals surface area contributed by atoms with Crippen LogP contribution in [0.2, 0.25) is 0 Å². The Kier molecular flexibility index (Phi) is 4.60. The highest BCUT2D eigenvalue weighted by atomic mass is 32.2. The smallest absolute Gasteiger partial charge is 0.340 e. The Labute approximate surface area is 150 Å². The molecule has 9 nitrogen and oxygen atoms in total. The highest BCUT2D eigenvalue weighted by Gasteiger charge is 2.25. The van der Waals surface area contributed by atoms with Gasteiger partial charge in [0.2, 0.25) is 0 Å². The van der Waals surface area contributed by atoms with E-state index in [1.165, 1.54) is 16.8 Å². The molecule has 0 amide bonds. The molecule has 0 atom stereocenters. The standard InChI is InChI=1S/C16H17N5O4S/c1-4-25-14(22)12-7-5-6-10(2)13(12)20-26(23,24)16-18-15-17-9-8-11(3)21(15)19-16/h5-9,20H,4H2,1-3H3. The number of ether oxygens (including phenoxy) is 1. The Morgan fingerprint density at radius 2 is 2.04 bits per heavy atom. The summed E-state index contributed by atoms with van der Waals surface area (Å²) in [6, 6.07) is 6.51. The van der Waals surface area contributed by atoms with Crippen molar-refractivity contribution in [1.29, 1.82) is 0 Å². The van der Waals surface area contributed by atoms with Crippen molar-refractivity contribution < 1.29 is 17.9 Å². The number of sulfonamides is 1. The molecule has 0 aliphatic carbocycles. The van der Waals surface area contributed by atoms with E-state index < -0.39 is 21.1 Å². The predicted octanol–water partition coefficient (Wildman–Crippen LogP) is 1.72. The minimum absolute atomic E-state index is 0.119. The van der Waals surface area contributed by atoms with Crippen molar-refractivity contribution in [2.45, 2.75) is 25.9 Å². The highest BCUT2D eigenvalue weighted by Crippen LogP contribution is 2.24. The monoisotopic (exact) mass is 375 g/mol. The second kappa shape index (κ2) is 6.71. The maximum absolute atomic E-state index is 12.7. The topological polar surface area (TPSA) is 116 Å². The van der Waals surface area contributed by atoms with Crippen molar-refractivity contribution in [2.24, 2.45) is 0 Å². The molecule has 0 unspecified atom stereocenters. The van der Waals surface area contributed by atoms with E-state index in [2.05, 4.69) is 19.8 Å². The number of hydrogen-bond acceptors (Lipinski definition) is 7. The maximum Gasteiger partial charge on any atom is 0.340 e. The lowest BCUT2D eigenvalue weighted by atomic mass is 10.1. The van der Waals surface area contributed by atoms with Crippen LogP contribution in [-0.2, 0) is 14.8 Å². The van der Waals surface area contributed by atoms with E-state index in [-0.39, 0.29) is 23.6 Å². The number of carbonyl (C=O) groups is 1. The van der Waals surface area contributed by atoms with Gasteiger partial charge in [-0.15, -0.1) is 5.10 Å². The average molecular weight is 375 g/mol. The van der Waals surface area contributed by atoms with Crippen LogP contribution in [0, 0.1) is 13.8 Å². The molecule has 10 heteroatoms. The van der Waals surface area contributed by atoms with E-state index >= 15 is 0 Å². The van der Waals surface area contributed by atoms with Crippen LogP contribution in [0.3, 0.4) is 0 Å². The number of aromatic nitrogens is 4. The minimum atomic E-state index is -4.13. The van der Waals surface area contributed by atoms with Crippen LogP contribution in [0.15, 0.2) is 35.6 Å². The molecule has 3 aromatic rings. The van der Waals surface area contributed by atoms with Crippen LogP contribution in [0.4, 0.5) is 5.69 Å². The first-order valence-electron chi connectivity index (χ1n) is 7.81. The normalized spacial score (nSPS) is 11.5. The summed E-state index contributed by atoms with van der Waals surface area (Å²) in [5.74, 6) is -0.449. The lowest BCUT2D eigenvalue weighted by Crippen LogP contribution is -2.18. The zero-order valence-corrected chi connectivity index (χ0v) is 15.2. The molecule has 3 rings (SSSR count). The van der Waals surface area contributed by atoms with Gasteiger partial charge in [-0.3, -0.25) is 4.72 Å². The van der Waals surface area contributed by atoms with Gasteiger partial charge in [0.15, 0.2) is 0 Å². The zero-order valence-electron chi connectivity index (χ0n) is 14.4. The SMILES string of the molecule is CCOC(=O)c1cccc(C)c1NS(=O)(=O)c1nc2nccc(C)n2n1. The molecular formula is C16H17N5O4S. The van der Waals surface area contributed by atoms with E-state index in [9.17, 15) is 13.2 Å². The molecule has 0 bridgehead atoms. The molecule has 1 aromatic carbocycles. The zero-order chi connectivity index (χ0) is 18.9. The van der Waals surface area contributed by atoms with Gasteiger partial charge >= 0.3 is 5.97 Å². The first-order valence-corrected chi connectivity index (χ1v) is 9.29. The minimum Gasteiger partial charge on any atom is -0.462 e. The van der Waals surface area contributed by atoms with Gasteiger partial charge in [-0.05, 0) is 38.5 Å². The Morgan fingerprint density at radius 3 is 2.73 bits per heavy atom. The summed E-state index contributed by atoms with van der Waals surface area (Å²) < 4.78 is 34.2. The van der Waals surface area contributed by atoms with Crippen molar-refractivity contribution in [3.05, 3.63) is 47.3 Å². The molecule has 0 aliphatic rings. The summed E-state index contributed by atoms with van der Waals surface area (Å²) in [6.45, 7) is 5.29. The van der Waals surface area contributed by atoms with E-state index in [1.54, 1.807) is 39.0 Å². The predicted molar refractivity (Wildman–Crippen MR) is 93.5 cm³/mol. The number of aryl methyl sites for hydroxylation is 2. The van der Waals surface area contributed by atoms with Gasteiger partial charge in [0.1, 0.15) is 0 Å². The van der Waals surface area contributed by atoms with Gasteiger partial charge < -0.3 is 4.74 Å². The van der Waals surface area contributed by atoms with Gasteiger partial charge in [-0.25, -0.2) is 14.3 Å². The maximum atomic E-state index is 12.7.